The molecule has 98 valence electrons. The second-order valence-electron chi connectivity index (χ2n) is 3.91. The van der Waals surface area contributed by atoms with E-state index in [0.29, 0.717) is 11.3 Å². The summed E-state index contributed by atoms with van der Waals surface area (Å²) >= 11 is 0.733. The van der Waals surface area contributed by atoms with Gasteiger partial charge in [-0.3, -0.25) is 9.59 Å². The van der Waals surface area contributed by atoms with E-state index in [1.54, 1.807) is 24.3 Å². The Morgan fingerprint density at radius 3 is 2.78 bits per heavy atom. The Labute approximate surface area is 110 Å². The predicted molar refractivity (Wildman–Crippen MR) is 70.6 cm³/mol. The van der Waals surface area contributed by atoms with Crippen LogP contribution in [0, 0.1) is 0 Å². The van der Waals surface area contributed by atoms with Gasteiger partial charge in [0, 0.05) is 5.69 Å². The fourth-order valence-corrected chi connectivity index (χ4v) is 1.65. The highest BCUT2D eigenvalue weighted by Crippen LogP contribution is 2.15. The lowest BCUT2D eigenvalue weighted by Gasteiger charge is -2.07. The molecule has 0 aliphatic carbocycles. The van der Waals surface area contributed by atoms with Gasteiger partial charge in [0.1, 0.15) is 0 Å². The molecule has 18 heavy (non-hydrogen) atoms. The molecule has 1 rings (SSSR count). The van der Waals surface area contributed by atoms with Gasteiger partial charge in [-0.05, 0) is 31.5 Å². The van der Waals surface area contributed by atoms with Crippen LogP contribution in [-0.2, 0) is 15.4 Å². The van der Waals surface area contributed by atoms with Crippen LogP contribution in [0.2, 0.25) is 0 Å². The largest absolute Gasteiger partial charge is 0.481 e. The number of nitrogens with one attached hydrogen (secondary N) is 1. The van der Waals surface area contributed by atoms with Crippen molar-refractivity contribution >= 4 is 28.9 Å². The first-order chi connectivity index (χ1) is 8.47. The third-order valence-electron chi connectivity index (χ3n) is 1.84. The average Bonchev–Trinajstić information content (AvgIpc) is 2.26. The fraction of sp³-hybridized carbons (Fsp3) is 0.333. The Balaban J connectivity index is 2.56. The summed E-state index contributed by atoms with van der Waals surface area (Å²) in [4.78, 5) is 22.0. The minimum Gasteiger partial charge on any atom is -0.481 e. The maximum absolute atomic E-state index is 11.5. The highest BCUT2D eigenvalue weighted by atomic mass is 32.2. The van der Waals surface area contributed by atoms with E-state index >= 15 is 0 Å². The van der Waals surface area contributed by atoms with Crippen LogP contribution in [0.25, 0.3) is 0 Å². The lowest BCUT2D eigenvalue weighted by atomic mass is 10.1. The van der Waals surface area contributed by atoms with Crippen molar-refractivity contribution in [2.45, 2.75) is 26.4 Å². The normalized spacial score (nSPS) is 10.4. The Morgan fingerprint density at radius 2 is 2.17 bits per heavy atom. The number of carbonyl (C=O) groups excluding carboxylic acids is 1. The van der Waals surface area contributed by atoms with Gasteiger partial charge >= 0.3 is 11.2 Å². The molecule has 0 heterocycles. The molecule has 0 unspecified atom stereocenters. The number of rotatable bonds is 5. The quantitative estimate of drug-likeness (QED) is 0.804. The Hall–Kier alpha value is -1.53. The van der Waals surface area contributed by atoms with Crippen molar-refractivity contribution in [2.24, 2.45) is 0 Å². The average molecular weight is 269 g/mol. The summed E-state index contributed by atoms with van der Waals surface area (Å²) in [5, 5.41) is 11.0. The molecular weight excluding hydrogens is 254 g/mol. The van der Waals surface area contributed by atoms with Crippen molar-refractivity contribution in [1.29, 1.82) is 0 Å². The number of aliphatic carboxylic acids is 1. The molecule has 0 spiro atoms. The van der Waals surface area contributed by atoms with Crippen molar-refractivity contribution in [3.8, 4) is 0 Å². The number of carboxylic acid groups (broad SMARTS) is 1. The van der Waals surface area contributed by atoms with Crippen molar-refractivity contribution in [2.75, 3.05) is 5.32 Å². The molecule has 0 aliphatic rings. The highest BCUT2D eigenvalue weighted by molar-refractivity contribution is 8.09. The topological polar surface area (TPSA) is 75.6 Å². The van der Waals surface area contributed by atoms with E-state index in [-0.39, 0.29) is 17.8 Å². The minimum atomic E-state index is -0.906. The van der Waals surface area contributed by atoms with Crippen LogP contribution in [0.5, 0.6) is 0 Å². The highest BCUT2D eigenvalue weighted by Gasteiger charge is 2.07. The monoisotopic (exact) mass is 269 g/mol. The molecule has 0 fully saturated rings. The lowest BCUT2D eigenvalue weighted by Crippen LogP contribution is -2.08. The molecule has 1 aromatic rings. The minimum absolute atomic E-state index is 0.0425. The van der Waals surface area contributed by atoms with Crippen LogP contribution in [0.3, 0.4) is 0 Å². The summed E-state index contributed by atoms with van der Waals surface area (Å²) in [5.41, 5.74) is 1.19. The number of benzene rings is 1. The lowest BCUT2D eigenvalue weighted by molar-refractivity contribution is -0.136. The van der Waals surface area contributed by atoms with E-state index < -0.39 is 5.97 Å². The van der Waals surface area contributed by atoms with Gasteiger partial charge in [-0.2, -0.15) is 0 Å². The van der Waals surface area contributed by atoms with E-state index in [0.717, 1.165) is 12.0 Å². The van der Waals surface area contributed by atoms with E-state index in [1.165, 1.54) is 0 Å². The van der Waals surface area contributed by atoms with Crippen LogP contribution >= 0.6 is 12.0 Å². The molecule has 5 nitrogen and oxygen atoms in total. The Kier molecular flexibility index (Phi) is 5.67. The van der Waals surface area contributed by atoms with Crippen molar-refractivity contribution in [1.82, 2.24) is 0 Å². The van der Waals surface area contributed by atoms with Crippen LogP contribution in [0.15, 0.2) is 24.3 Å². The summed E-state index contributed by atoms with van der Waals surface area (Å²) in [6, 6.07) is 6.71. The molecule has 0 bridgehead atoms. The number of hydrogen-bond acceptors (Lipinski definition) is 4. The zero-order valence-corrected chi connectivity index (χ0v) is 11.0. The van der Waals surface area contributed by atoms with Gasteiger partial charge in [0.2, 0.25) is 0 Å². The van der Waals surface area contributed by atoms with E-state index in [4.69, 9.17) is 9.29 Å². The first-order valence-electron chi connectivity index (χ1n) is 5.42. The van der Waals surface area contributed by atoms with Gasteiger partial charge in [-0.25, -0.2) is 0 Å². The van der Waals surface area contributed by atoms with Gasteiger partial charge in [-0.1, -0.05) is 12.1 Å². The molecule has 0 radical (unpaired) electrons. The van der Waals surface area contributed by atoms with Gasteiger partial charge < -0.3 is 14.6 Å². The number of amides is 1. The van der Waals surface area contributed by atoms with Crippen LogP contribution in [0.1, 0.15) is 19.4 Å². The molecule has 1 amide bonds. The molecule has 0 aromatic heterocycles. The second kappa shape index (κ2) is 7.03. The van der Waals surface area contributed by atoms with E-state index in [1.807, 2.05) is 13.8 Å². The van der Waals surface area contributed by atoms with Crippen molar-refractivity contribution < 1.29 is 18.9 Å². The van der Waals surface area contributed by atoms with E-state index in [9.17, 15) is 9.59 Å². The van der Waals surface area contributed by atoms with Crippen LogP contribution in [-0.4, -0.2) is 22.4 Å². The maximum atomic E-state index is 11.5. The first kappa shape index (κ1) is 14.5. The van der Waals surface area contributed by atoms with Gasteiger partial charge in [0.05, 0.1) is 24.6 Å². The van der Waals surface area contributed by atoms with Crippen molar-refractivity contribution in [3.63, 3.8) is 0 Å². The molecule has 6 heteroatoms. The third-order valence-corrected chi connectivity index (χ3v) is 2.58. The SMILES string of the molecule is CC(C)OSC(=O)Nc1cccc(CC(=O)O)c1. The number of carbonyl (C=O) groups is 2. The summed E-state index contributed by atoms with van der Waals surface area (Å²) in [6.45, 7) is 3.65. The number of anilines is 1. The fourth-order valence-electron chi connectivity index (χ4n) is 1.21. The summed E-state index contributed by atoms with van der Waals surface area (Å²) in [7, 11) is 0. The summed E-state index contributed by atoms with van der Waals surface area (Å²) in [5.74, 6) is -0.906. The molecule has 2 N–H and O–H groups in total. The number of carboxylic acids is 1. The Bertz CT molecular complexity index is 434. The van der Waals surface area contributed by atoms with Crippen molar-refractivity contribution in [3.05, 3.63) is 29.8 Å². The zero-order chi connectivity index (χ0) is 13.5. The van der Waals surface area contributed by atoms with Crippen LogP contribution in [0.4, 0.5) is 10.5 Å². The van der Waals surface area contributed by atoms with Gasteiger partial charge in [0.15, 0.2) is 0 Å². The summed E-state index contributed by atoms with van der Waals surface area (Å²) < 4.78 is 5.08. The second-order valence-corrected chi connectivity index (χ2v) is 4.64. The summed E-state index contributed by atoms with van der Waals surface area (Å²) in [6.07, 6.45) is -0.113. The standard InChI is InChI=1S/C12H15NO4S/c1-8(2)17-18-12(16)13-10-5-3-4-9(6-10)7-11(14)15/h3-6,8H,7H2,1-2H3,(H,13,16)(H,14,15). The molecule has 0 saturated heterocycles. The molecule has 0 atom stereocenters. The Morgan fingerprint density at radius 1 is 1.44 bits per heavy atom. The first-order valence-corrected chi connectivity index (χ1v) is 6.16. The maximum Gasteiger partial charge on any atom is 0.310 e. The molecule has 0 aliphatic heterocycles. The molecule has 0 saturated carbocycles. The van der Waals surface area contributed by atoms with Crippen LogP contribution < -0.4 is 5.32 Å². The number of hydrogen-bond donors (Lipinski definition) is 2. The van der Waals surface area contributed by atoms with Gasteiger partial charge in [0.25, 0.3) is 0 Å². The molecular formula is C12H15NO4S. The third kappa shape index (κ3) is 5.70. The zero-order valence-electron chi connectivity index (χ0n) is 10.2. The van der Waals surface area contributed by atoms with E-state index in [2.05, 4.69) is 5.32 Å². The predicted octanol–water partition coefficient (Wildman–Crippen LogP) is 2.92. The molecule has 1 aromatic carbocycles. The smallest absolute Gasteiger partial charge is 0.310 e. The van der Waals surface area contributed by atoms with Gasteiger partial charge in [-0.15, -0.1) is 0 Å².